The van der Waals surface area contributed by atoms with Crippen molar-refractivity contribution in [3.8, 4) is 0 Å². The summed E-state index contributed by atoms with van der Waals surface area (Å²) in [5.74, 6) is 1.91. The summed E-state index contributed by atoms with van der Waals surface area (Å²) in [6, 6.07) is 10.9. The first-order chi connectivity index (χ1) is 8.76. The van der Waals surface area contributed by atoms with Crippen molar-refractivity contribution in [2.45, 2.75) is 25.3 Å². The Labute approximate surface area is 115 Å². The minimum Gasteiger partial charge on any atom is -0.395 e. The van der Waals surface area contributed by atoms with Crippen molar-refractivity contribution >= 4 is 12.6 Å². The van der Waals surface area contributed by atoms with E-state index in [1.54, 1.807) is 0 Å². The van der Waals surface area contributed by atoms with Crippen LogP contribution in [0.25, 0.3) is 0 Å². The SMILES string of the molecule is CC1CCN(CC(CS)c2ccccc2)C1CO. The first-order valence-electron chi connectivity index (χ1n) is 6.77. The van der Waals surface area contributed by atoms with Crippen LogP contribution in [0.2, 0.25) is 0 Å². The highest BCUT2D eigenvalue weighted by molar-refractivity contribution is 7.80. The van der Waals surface area contributed by atoms with Crippen LogP contribution < -0.4 is 0 Å². The molecule has 1 fully saturated rings. The second-order valence-corrected chi connectivity index (χ2v) is 5.67. The Kier molecular flexibility index (Phi) is 5.10. The Bertz CT molecular complexity index is 357. The van der Waals surface area contributed by atoms with Crippen LogP contribution in [-0.4, -0.2) is 41.5 Å². The number of thiol groups is 1. The molecule has 0 bridgehead atoms. The maximum absolute atomic E-state index is 9.50. The standard InChI is InChI=1S/C15H23NOS/c1-12-7-8-16(15(12)10-17)9-14(11-18)13-5-3-2-4-6-13/h2-6,12,14-15,17-18H,7-11H2,1H3. The van der Waals surface area contributed by atoms with Gasteiger partial charge in [0.1, 0.15) is 0 Å². The molecule has 1 aliphatic heterocycles. The van der Waals surface area contributed by atoms with E-state index < -0.39 is 0 Å². The van der Waals surface area contributed by atoms with Gasteiger partial charge in [-0.15, -0.1) is 0 Å². The zero-order valence-corrected chi connectivity index (χ0v) is 11.9. The Hall–Kier alpha value is -0.510. The molecule has 1 aliphatic rings. The summed E-state index contributed by atoms with van der Waals surface area (Å²) in [4.78, 5) is 2.43. The van der Waals surface area contributed by atoms with Gasteiger partial charge in [0.05, 0.1) is 6.61 Å². The molecule has 3 atom stereocenters. The zero-order valence-electron chi connectivity index (χ0n) is 11.0. The fourth-order valence-corrected chi connectivity index (χ4v) is 3.21. The maximum Gasteiger partial charge on any atom is 0.0589 e. The van der Waals surface area contributed by atoms with Gasteiger partial charge in [-0.2, -0.15) is 12.6 Å². The van der Waals surface area contributed by atoms with E-state index in [4.69, 9.17) is 0 Å². The summed E-state index contributed by atoms with van der Waals surface area (Å²) in [6.07, 6.45) is 1.19. The van der Waals surface area contributed by atoms with Crippen LogP contribution in [0.5, 0.6) is 0 Å². The molecule has 3 unspecified atom stereocenters. The highest BCUT2D eigenvalue weighted by Gasteiger charge is 2.31. The summed E-state index contributed by atoms with van der Waals surface area (Å²) in [5.41, 5.74) is 1.35. The number of rotatable bonds is 5. The average Bonchev–Trinajstić information content (AvgIpc) is 2.77. The van der Waals surface area contributed by atoms with E-state index in [0.717, 1.165) is 18.8 Å². The predicted molar refractivity (Wildman–Crippen MR) is 79.3 cm³/mol. The molecule has 2 nitrogen and oxygen atoms in total. The van der Waals surface area contributed by atoms with Crippen molar-refractivity contribution in [2.75, 3.05) is 25.4 Å². The fraction of sp³-hybridized carbons (Fsp3) is 0.600. The average molecular weight is 265 g/mol. The van der Waals surface area contributed by atoms with Crippen molar-refractivity contribution in [2.24, 2.45) is 5.92 Å². The minimum absolute atomic E-state index is 0.273. The normalized spacial score (nSPS) is 26.4. The highest BCUT2D eigenvalue weighted by atomic mass is 32.1. The quantitative estimate of drug-likeness (QED) is 0.799. The third-order valence-corrected chi connectivity index (χ3v) is 4.57. The third kappa shape index (κ3) is 3.08. The van der Waals surface area contributed by atoms with E-state index in [0.29, 0.717) is 17.9 Å². The molecule has 0 spiro atoms. The topological polar surface area (TPSA) is 23.5 Å². The lowest BCUT2D eigenvalue weighted by Crippen LogP contribution is -2.38. The summed E-state index contributed by atoms with van der Waals surface area (Å²) >= 11 is 4.49. The predicted octanol–water partition coefficient (Wildman–Crippen LogP) is 2.40. The Morgan fingerprint density at radius 2 is 2.11 bits per heavy atom. The lowest BCUT2D eigenvalue weighted by atomic mass is 9.99. The molecule has 0 amide bonds. The highest BCUT2D eigenvalue weighted by Crippen LogP contribution is 2.27. The third-order valence-electron chi connectivity index (χ3n) is 4.13. The van der Waals surface area contributed by atoms with Crippen LogP contribution in [0.3, 0.4) is 0 Å². The van der Waals surface area contributed by atoms with Crippen LogP contribution in [0, 0.1) is 5.92 Å². The van der Waals surface area contributed by atoms with Gasteiger partial charge >= 0.3 is 0 Å². The summed E-state index contributed by atoms with van der Waals surface area (Å²) < 4.78 is 0. The molecule has 1 aromatic rings. The second kappa shape index (κ2) is 6.60. The Balaban J connectivity index is 2.03. The van der Waals surface area contributed by atoms with Crippen LogP contribution in [-0.2, 0) is 0 Å². The molecular formula is C15H23NOS. The van der Waals surface area contributed by atoms with Gasteiger partial charge in [0, 0.05) is 18.5 Å². The molecule has 1 heterocycles. The van der Waals surface area contributed by atoms with Crippen molar-refractivity contribution in [3.05, 3.63) is 35.9 Å². The van der Waals surface area contributed by atoms with Crippen LogP contribution in [0.4, 0.5) is 0 Å². The minimum atomic E-state index is 0.273. The molecule has 18 heavy (non-hydrogen) atoms. The molecular weight excluding hydrogens is 242 g/mol. The molecule has 1 aromatic carbocycles. The number of nitrogens with zero attached hydrogens (tertiary/aromatic N) is 1. The van der Waals surface area contributed by atoms with Gasteiger partial charge in [-0.3, -0.25) is 4.90 Å². The molecule has 100 valence electrons. The van der Waals surface area contributed by atoms with Gasteiger partial charge in [-0.05, 0) is 30.2 Å². The van der Waals surface area contributed by atoms with Gasteiger partial charge < -0.3 is 5.11 Å². The van der Waals surface area contributed by atoms with Gasteiger partial charge in [-0.1, -0.05) is 37.3 Å². The fourth-order valence-electron chi connectivity index (χ4n) is 2.89. The van der Waals surface area contributed by atoms with Crippen molar-refractivity contribution in [1.29, 1.82) is 0 Å². The number of likely N-dealkylation sites (tertiary alicyclic amines) is 1. The molecule has 0 aromatic heterocycles. The van der Waals surface area contributed by atoms with Crippen LogP contribution in [0.15, 0.2) is 30.3 Å². The van der Waals surface area contributed by atoms with Gasteiger partial charge in [0.15, 0.2) is 0 Å². The van der Waals surface area contributed by atoms with Crippen molar-refractivity contribution < 1.29 is 5.11 Å². The van der Waals surface area contributed by atoms with E-state index in [1.165, 1.54) is 12.0 Å². The number of hydrogen-bond acceptors (Lipinski definition) is 3. The lowest BCUT2D eigenvalue weighted by molar-refractivity contribution is 0.135. The van der Waals surface area contributed by atoms with E-state index in [1.807, 2.05) is 6.07 Å². The molecule has 3 heteroatoms. The smallest absolute Gasteiger partial charge is 0.0589 e. The van der Waals surface area contributed by atoms with Gasteiger partial charge in [0.25, 0.3) is 0 Å². The number of benzene rings is 1. The van der Waals surface area contributed by atoms with Gasteiger partial charge in [0.2, 0.25) is 0 Å². The molecule has 0 radical (unpaired) electrons. The van der Waals surface area contributed by atoms with Crippen LogP contribution >= 0.6 is 12.6 Å². The second-order valence-electron chi connectivity index (χ2n) is 5.30. The van der Waals surface area contributed by atoms with Crippen molar-refractivity contribution in [3.63, 3.8) is 0 Å². The molecule has 1 N–H and O–H groups in total. The maximum atomic E-state index is 9.50. The van der Waals surface area contributed by atoms with E-state index in [9.17, 15) is 5.11 Å². The summed E-state index contributed by atoms with van der Waals surface area (Å²) in [7, 11) is 0. The summed E-state index contributed by atoms with van der Waals surface area (Å²) in [6.45, 7) is 4.61. The first-order valence-corrected chi connectivity index (χ1v) is 7.40. The number of aliphatic hydroxyl groups excluding tert-OH is 1. The number of hydrogen-bond donors (Lipinski definition) is 2. The monoisotopic (exact) mass is 265 g/mol. The molecule has 1 saturated heterocycles. The summed E-state index contributed by atoms with van der Waals surface area (Å²) in [5, 5.41) is 9.50. The lowest BCUT2D eigenvalue weighted by Gasteiger charge is -2.29. The van der Waals surface area contributed by atoms with E-state index >= 15 is 0 Å². The molecule has 2 rings (SSSR count). The number of aliphatic hydroxyl groups is 1. The van der Waals surface area contributed by atoms with Crippen molar-refractivity contribution in [1.82, 2.24) is 4.90 Å². The van der Waals surface area contributed by atoms with Gasteiger partial charge in [-0.25, -0.2) is 0 Å². The Morgan fingerprint density at radius 3 is 2.72 bits per heavy atom. The van der Waals surface area contributed by atoms with E-state index in [2.05, 4.69) is 48.7 Å². The molecule has 0 saturated carbocycles. The van der Waals surface area contributed by atoms with Crippen LogP contribution in [0.1, 0.15) is 24.8 Å². The van der Waals surface area contributed by atoms with E-state index in [-0.39, 0.29) is 6.61 Å². The molecule has 0 aliphatic carbocycles. The zero-order chi connectivity index (χ0) is 13.0. The largest absolute Gasteiger partial charge is 0.395 e. The Morgan fingerprint density at radius 1 is 1.39 bits per heavy atom. The first kappa shape index (κ1) is 13.9.